The standard InChI is InChI=1S/C15H17NO/c1-2-13(17)10-3-4-12-11(5-10)6-14-7-15(12,14)9-16-8-14/h3-5,16H,2,6-9H2,1H3. The van der Waals surface area contributed by atoms with Gasteiger partial charge in [0.05, 0.1) is 0 Å². The number of carbonyl (C=O) groups is 1. The largest absolute Gasteiger partial charge is 0.315 e. The minimum atomic E-state index is 0.270. The highest BCUT2D eigenvalue weighted by Crippen LogP contribution is 2.72. The number of benzene rings is 1. The third-order valence-electron chi connectivity index (χ3n) is 5.21. The first-order valence-corrected chi connectivity index (χ1v) is 6.58. The molecule has 3 aliphatic rings. The van der Waals surface area contributed by atoms with Gasteiger partial charge in [-0.15, -0.1) is 0 Å². The van der Waals surface area contributed by atoms with Crippen LogP contribution in [0.1, 0.15) is 41.3 Å². The molecule has 1 aromatic rings. The summed E-state index contributed by atoms with van der Waals surface area (Å²) in [6.07, 6.45) is 3.15. The molecule has 2 atom stereocenters. The van der Waals surface area contributed by atoms with Gasteiger partial charge >= 0.3 is 0 Å². The molecule has 88 valence electrons. The van der Waals surface area contributed by atoms with Crippen molar-refractivity contribution in [2.24, 2.45) is 5.41 Å². The summed E-state index contributed by atoms with van der Waals surface area (Å²) in [5.74, 6) is 0.270. The minimum Gasteiger partial charge on any atom is -0.315 e. The van der Waals surface area contributed by atoms with E-state index in [1.54, 1.807) is 0 Å². The van der Waals surface area contributed by atoms with Crippen molar-refractivity contribution in [1.82, 2.24) is 5.32 Å². The molecule has 17 heavy (non-hydrogen) atoms. The highest BCUT2D eigenvalue weighted by atomic mass is 16.1. The van der Waals surface area contributed by atoms with Crippen molar-refractivity contribution < 1.29 is 4.79 Å². The summed E-state index contributed by atoms with van der Waals surface area (Å²) in [6.45, 7) is 4.24. The van der Waals surface area contributed by atoms with Gasteiger partial charge in [0.2, 0.25) is 0 Å². The van der Waals surface area contributed by atoms with Gasteiger partial charge in [-0.3, -0.25) is 4.79 Å². The van der Waals surface area contributed by atoms with Crippen LogP contribution in [0.25, 0.3) is 0 Å². The molecule has 2 aliphatic carbocycles. The number of carbonyl (C=O) groups excluding carboxylic acids is 1. The van der Waals surface area contributed by atoms with Crippen molar-refractivity contribution in [3.05, 3.63) is 34.9 Å². The van der Waals surface area contributed by atoms with Crippen LogP contribution in [0.4, 0.5) is 0 Å². The summed E-state index contributed by atoms with van der Waals surface area (Å²) < 4.78 is 0. The summed E-state index contributed by atoms with van der Waals surface area (Å²) in [5.41, 5.74) is 4.83. The maximum absolute atomic E-state index is 11.7. The first kappa shape index (κ1) is 9.84. The zero-order valence-electron chi connectivity index (χ0n) is 10.2. The molecule has 2 heteroatoms. The third kappa shape index (κ3) is 0.987. The fraction of sp³-hybridized carbons (Fsp3) is 0.533. The lowest BCUT2D eigenvalue weighted by molar-refractivity contribution is 0.0988. The topological polar surface area (TPSA) is 29.1 Å². The van der Waals surface area contributed by atoms with Crippen LogP contribution in [0.2, 0.25) is 0 Å². The van der Waals surface area contributed by atoms with Crippen LogP contribution >= 0.6 is 0 Å². The van der Waals surface area contributed by atoms with Crippen LogP contribution < -0.4 is 5.32 Å². The average molecular weight is 227 g/mol. The zero-order valence-corrected chi connectivity index (χ0v) is 10.2. The number of rotatable bonds is 2. The first-order valence-electron chi connectivity index (χ1n) is 6.58. The van der Waals surface area contributed by atoms with Crippen molar-refractivity contribution >= 4 is 5.78 Å². The van der Waals surface area contributed by atoms with E-state index in [0.29, 0.717) is 17.3 Å². The van der Waals surface area contributed by atoms with Gasteiger partial charge < -0.3 is 5.32 Å². The summed E-state index contributed by atoms with van der Waals surface area (Å²) in [5, 5.41) is 3.53. The number of fused-ring (bicyclic) bond motifs is 1. The molecule has 0 aromatic heterocycles. The second-order valence-electron chi connectivity index (χ2n) is 5.97. The number of hydrogen-bond acceptors (Lipinski definition) is 2. The van der Waals surface area contributed by atoms with Crippen LogP contribution in [0, 0.1) is 5.41 Å². The van der Waals surface area contributed by atoms with Crippen molar-refractivity contribution in [2.75, 3.05) is 13.1 Å². The smallest absolute Gasteiger partial charge is 0.162 e. The summed E-state index contributed by atoms with van der Waals surface area (Å²) in [4.78, 5) is 11.7. The lowest BCUT2D eigenvalue weighted by atomic mass is 9.93. The Morgan fingerprint density at radius 1 is 1.41 bits per heavy atom. The van der Waals surface area contributed by atoms with E-state index in [9.17, 15) is 4.79 Å². The Morgan fingerprint density at radius 2 is 2.29 bits per heavy atom. The van der Waals surface area contributed by atoms with E-state index >= 15 is 0 Å². The van der Waals surface area contributed by atoms with Gasteiger partial charge in [0.15, 0.2) is 5.78 Å². The van der Waals surface area contributed by atoms with E-state index in [0.717, 1.165) is 12.1 Å². The van der Waals surface area contributed by atoms with Crippen LogP contribution in [0.3, 0.4) is 0 Å². The van der Waals surface area contributed by atoms with Gasteiger partial charge in [-0.25, -0.2) is 0 Å². The second-order valence-corrected chi connectivity index (χ2v) is 5.97. The number of Topliss-reactive ketones (excluding diaryl/α,β-unsaturated/α-hetero) is 1. The zero-order chi connectivity index (χ0) is 11.7. The van der Waals surface area contributed by atoms with Crippen LogP contribution in [-0.2, 0) is 11.8 Å². The van der Waals surface area contributed by atoms with Gasteiger partial charge in [0.1, 0.15) is 0 Å². The first-order chi connectivity index (χ1) is 8.21. The number of hydrogen-bond donors (Lipinski definition) is 1. The molecule has 1 N–H and O–H groups in total. The molecule has 1 saturated heterocycles. The van der Waals surface area contributed by atoms with Crippen molar-refractivity contribution in [1.29, 1.82) is 0 Å². The Kier molecular flexibility index (Phi) is 1.62. The highest BCUT2D eigenvalue weighted by molar-refractivity contribution is 5.96. The predicted octanol–water partition coefficient (Wildman–Crippen LogP) is 2.07. The second kappa shape index (κ2) is 2.81. The lowest BCUT2D eigenvalue weighted by Gasteiger charge is -2.14. The summed E-state index contributed by atoms with van der Waals surface area (Å²) >= 11 is 0. The third-order valence-corrected chi connectivity index (χ3v) is 5.21. The number of ketones is 1. The summed E-state index contributed by atoms with van der Waals surface area (Å²) in [6, 6.07) is 6.41. The molecular weight excluding hydrogens is 210 g/mol. The van der Waals surface area contributed by atoms with Gasteiger partial charge in [0.25, 0.3) is 0 Å². The van der Waals surface area contributed by atoms with Crippen molar-refractivity contribution in [2.45, 2.75) is 31.6 Å². The molecular formula is C15H17NO. The maximum atomic E-state index is 11.7. The minimum absolute atomic E-state index is 0.270. The molecule has 4 rings (SSSR count). The van der Waals surface area contributed by atoms with Gasteiger partial charge in [-0.1, -0.05) is 19.1 Å². The molecule has 1 aromatic carbocycles. The fourth-order valence-corrected chi connectivity index (χ4v) is 4.25. The SMILES string of the molecule is CCC(=O)c1ccc2c(c1)CC13CNCC21C3. The average Bonchev–Trinajstić information content (AvgIpc) is 2.73. The van der Waals surface area contributed by atoms with E-state index in [4.69, 9.17) is 0 Å². The lowest BCUT2D eigenvalue weighted by Crippen LogP contribution is -2.21. The highest BCUT2D eigenvalue weighted by Gasteiger charge is 2.73. The monoisotopic (exact) mass is 227 g/mol. The Labute approximate surface area is 101 Å². The Balaban J connectivity index is 1.80. The Hall–Kier alpha value is -1.15. The van der Waals surface area contributed by atoms with E-state index < -0.39 is 0 Å². The van der Waals surface area contributed by atoms with Crippen LogP contribution in [-0.4, -0.2) is 18.9 Å². The molecule has 0 spiro atoms. The van der Waals surface area contributed by atoms with Gasteiger partial charge in [-0.05, 0) is 35.4 Å². The molecule has 0 amide bonds. The predicted molar refractivity (Wildman–Crippen MR) is 66.4 cm³/mol. The van der Waals surface area contributed by atoms with E-state index in [2.05, 4.69) is 17.4 Å². The normalized spacial score (nSPS) is 36.3. The molecule has 0 bridgehead atoms. The number of nitrogens with one attached hydrogen (secondary N) is 1. The van der Waals surface area contributed by atoms with E-state index in [-0.39, 0.29) is 5.78 Å². The fourth-order valence-electron chi connectivity index (χ4n) is 4.25. The van der Waals surface area contributed by atoms with Crippen molar-refractivity contribution in [3.8, 4) is 0 Å². The Morgan fingerprint density at radius 3 is 3.12 bits per heavy atom. The van der Waals surface area contributed by atoms with E-state index in [1.165, 1.54) is 30.5 Å². The number of piperidine rings is 1. The maximum Gasteiger partial charge on any atom is 0.162 e. The van der Waals surface area contributed by atoms with Crippen LogP contribution in [0.5, 0.6) is 0 Å². The quantitative estimate of drug-likeness (QED) is 0.784. The molecule has 0 radical (unpaired) electrons. The van der Waals surface area contributed by atoms with Gasteiger partial charge in [-0.2, -0.15) is 0 Å². The van der Waals surface area contributed by atoms with Crippen molar-refractivity contribution in [3.63, 3.8) is 0 Å². The van der Waals surface area contributed by atoms with Gasteiger partial charge in [0, 0.05) is 30.5 Å². The molecule has 2 fully saturated rings. The molecule has 2 unspecified atom stereocenters. The molecule has 2 nitrogen and oxygen atoms in total. The molecule has 1 saturated carbocycles. The van der Waals surface area contributed by atoms with Crippen LogP contribution in [0.15, 0.2) is 18.2 Å². The summed E-state index contributed by atoms with van der Waals surface area (Å²) in [7, 11) is 0. The molecule has 1 aliphatic heterocycles. The van der Waals surface area contributed by atoms with E-state index in [1.807, 2.05) is 13.0 Å². The molecule has 1 heterocycles. The Bertz CT molecular complexity index is 532.